The van der Waals surface area contributed by atoms with Gasteiger partial charge in [0.05, 0.1) is 12.8 Å². The van der Waals surface area contributed by atoms with Gasteiger partial charge < -0.3 is 15.4 Å². The van der Waals surface area contributed by atoms with Gasteiger partial charge in [-0.1, -0.05) is 13.0 Å². The first-order chi connectivity index (χ1) is 8.38. The monoisotopic (exact) mass is 266 g/mol. The first-order valence-electron chi connectivity index (χ1n) is 6.12. The molecule has 18 heavy (non-hydrogen) atoms. The van der Waals surface area contributed by atoms with Crippen molar-refractivity contribution >= 4 is 23.0 Å². The lowest BCUT2D eigenvalue weighted by molar-refractivity contribution is 0.416. The number of aryl methyl sites for hydroxylation is 1. The van der Waals surface area contributed by atoms with Gasteiger partial charge in [-0.3, -0.25) is 0 Å². The van der Waals surface area contributed by atoms with E-state index in [4.69, 9.17) is 17.0 Å². The second-order valence-corrected chi connectivity index (χ2v) is 5.43. The molecule has 0 bridgehead atoms. The van der Waals surface area contributed by atoms with E-state index in [1.807, 2.05) is 25.1 Å². The lowest BCUT2D eigenvalue weighted by Gasteiger charge is -2.26. The Bertz CT molecular complexity index is 430. The molecule has 0 radical (unpaired) electrons. The van der Waals surface area contributed by atoms with Crippen molar-refractivity contribution in [2.24, 2.45) is 0 Å². The number of rotatable bonds is 4. The van der Waals surface area contributed by atoms with E-state index in [0.29, 0.717) is 5.11 Å². The summed E-state index contributed by atoms with van der Waals surface area (Å²) in [6, 6.07) is 5.97. The molecule has 0 saturated carbocycles. The van der Waals surface area contributed by atoms with E-state index in [-0.39, 0.29) is 5.54 Å². The Kier molecular flexibility index (Phi) is 4.96. The number of anilines is 1. The highest BCUT2D eigenvalue weighted by Crippen LogP contribution is 2.25. The first-order valence-corrected chi connectivity index (χ1v) is 6.52. The van der Waals surface area contributed by atoms with Crippen LogP contribution >= 0.6 is 12.2 Å². The molecule has 1 aromatic carbocycles. The molecule has 0 fully saturated rings. The molecule has 0 spiro atoms. The van der Waals surface area contributed by atoms with Crippen LogP contribution in [0.1, 0.15) is 32.8 Å². The summed E-state index contributed by atoms with van der Waals surface area (Å²) in [4.78, 5) is 0. The van der Waals surface area contributed by atoms with E-state index in [0.717, 1.165) is 23.4 Å². The Morgan fingerprint density at radius 3 is 2.61 bits per heavy atom. The van der Waals surface area contributed by atoms with Crippen molar-refractivity contribution in [2.45, 2.75) is 39.7 Å². The fourth-order valence-corrected chi connectivity index (χ4v) is 1.86. The molecule has 3 nitrogen and oxygen atoms in total. The molecular weight excluding hydrogens is 244 g/mol. The second kappa shape index (κ2) is 6.05. The van der Waals surface area contributed by atoms with Gasteiger partial charge in [-0.2, -0.15) is 0 Å². The molecule has 0 heterocycles. The van der Waals surface area contributed by atoms with Crippen molar-refractivity contribution in [3.63, 3.8) is 0 Å². The number of methoxy groups -OCH3 is 1. The van der Waals surface area contributed by atoms with Crippen molar-refractivity contribution in [1.29, 1.82) is 0 Å². The Hall–Kier alpha value is -1.29. The zero-order valence-electron chi connectivity index (χ0n) is 11.8. The van der Waals surface area contributed by atoms with Crippen molar-refractivity contribution < 1.29 is 4.74 Å². The lowest BCUT2D eigenvalue weighted by Crippen LogP contribution is -2.44. The van der Waals surface area contributed by atoms with E-state index < -0.39 is 0 Å². The summed E-state index contributed by atoms with van der Waals surface area (Å²) in [5, 5.41) is 7.09. The molecule has 0 unspecified atom stereocenters. The van der Waals surface area contributed by atoms with Crippen LogP contribution in [0.2, 0.25) is 0 Å². The van der Waals surface area contributed by atoms with Crippen molar-refractivity contribution in [1.82, 2.24) is 5.32 Å². The van der Waals surface area contributed by atoms with Crippen molar-refractivity contribution in [3.8, 4) is 5.75 Å². The van der Waals surface area contributed by atoms with Crippen LogP contribution in [0, 0.1) is 6.92 Å². The van der Waals surface area contributed by atoms with Crippen LogP contribution in [0.15, 0.2) is 18.2 Å². The molecule has 4 heteroatoms. The van der Waals surface area contributed by atoms with Gasteiger partial charge >= 0.3 is 0 Å². The lowest BCUT2D eigenvalue weighted by atomic mass is 10.0. The van der Waals surface area contributed by atoms with E-state index in [2.05, 4.69) is 31.4 Å². The summed E-state index contributed by atoms with van der Waals surface area (Å²) in [6.45, 7) is 8.41. The van der Waals surface area contributed by atoms with Crippen LogP contribution in [0.4, 0.5) is 5.69 Å². The summed E-state index contributed by atoms with van der Waals surface area (Å²) in [6.07, 6.45) is 1.000. The maximum absolute atomic E-state index is 5.32. The molecule has 1 aromatic rings. The highest BCUT2D eigenvalue weighted by molar-refractivity contribution is 7.80. The van der Waals surface area contributed by atoms with E-state index in [1.54, 1.807) is 7.11 Å². The van der Waals surface area contributed by atoms with Gasteiger partial charge in [0, 0.05) is 5.54 Å². The molecule has 0 saturated heterocycles. The van der Waals surface area contributed by atoms with Gasteiger partial charge in [0.1, 0.15) is 5.75 Å². The predicted octanol–water partition coefficient (Wildman–Crippen LogP) is 3.48. The fourth-order valence-electron chi connectivity index (χ4n) is 1.47. The minimum atomic E-state index is -0.0128. The molecule has 100 valence electrons. The van der Waals surface area contributed by atoms with Crippen LogP contribution in [-0.4, -0.2) is 17.8 Å². The van der Waals surface area contributed by atoms with E-state index in [1.165, 1.54) is 0 Å². The Balaban J connectivity index is 2.78. The zero-order valence-corrected chi connectivity index (χ0v) is 12.6. The average Bonchev–Trinajstić information content (AvgIpc) is 2.28. The van der Waals surface area contributed by atoms with Gasteiger partial charge in [-0.05, 0) is 57.1 Å². The summed E-state index contributed by atoms with van der Waals surface area (Å²) in [7, 11) is 1.66. The van der Waals surface area contributed by atoms with Crippen LogP contribution in [0.5, 0.6) is 5.75 Å². The van der Waals surface area contributed by atoms with Crippen LogP contribution in [0.25, 0.3) is 0 Å². The average molecular weight is 266 g/mol. The van der Waals surface area contributed by atoms with Crippen molar-refractivity contribution in [3.05, 3.63) is 23.8 Å². The zero-order chi connectivity index (χ0) is 13.8. The largest absolute Gasteiger partial charge is 0.495 e. The van der Waals surface area contributed by atoms with E-state index in [9.17, 15) is 0 Å². The minimum absolute atomic E-state index is 0.0128. The normalized spacial score (nSPS) is 10.9. The highest BCUT2D eigenvalue weighted by atomic mass is 32.1. The number of ether oxygens (including phenoxy) is 1. The first kappa shape index (κ1) is 14.8. The summed E-state index contributed by atoms with van der Waals surface area (Å²) < 4.78 is 5.31. The molecule has 2 N–H and O–H groups in total. The molecular formula is C14H22N2OS. The predicted molar refractivity (Wildman–Crippen MR) is 81.5 cm³/mol. The Morgan fingerprint density at radius 2 is 2.06 bits per heavy atom. The van der Waals surface area contributed by atoms with Gasteiger partial charge in [-0.25, -0.2) is 0 Å². The molecule has 0 aliphatic heterocycles. The topological polar surface area (TPSA) is 33.3 Å². The van der Waals surface area contributed by atoms with Gasteiger partial charge in [0.25, 0.3) is 0 Å². The molecule has 0 aromatic heterocycles. The molecule has 0 amide bonds. The fraction of sp³-hybridized carbons (Fsp3) is 0.500. The van der Waals surface area contributed by atoms with Crippen LogP contribution in [0.3, 0.4) is 0 Å². The third-order valence-corrected chi connectivity index (χ3v) is 3.14. The summed E-state index contributed by atoms with van der Waals surface area (Å²) in [5.41, 5.74) is 2.04. The third-order valence-electron chi connectivity index (χ3n) is 2.94. The third kappa shape index (κ3) is 4.18. The Labute approximate surface area is 115 Å². The highest BCUT2D eigenvalue weighted by Gasteiger charge is 2.16. The minimum Gasteiger partial charge on any atom is -0.495 e. The quantitative estimate of drug-likeness (QED) is 0.818. The van der Waals surface area contributed by atoms with Gasteiger partial charge in [0.15, 0.2) is 5.11 Å². The molecule has 1 rings (SSSR count). The second-order valence-electron chi connectivity index (χ2n) is 5.02. The molecule has 0 atom stereocenters. The van der Waals surface area contributed by atoms with E-state index >= 15 is 0 Å². The SMILES string of the molecule is CCC(C)(C)NC(=S)Nc1cc(C)ccc1OC. The number of benzene rings is 1. The molecule has 0 aliphatic rings. The summed E-state index contributed by atoms with van der Waals surface area (Å²) >= 11 is 5.32. The summed E-state index contributed by atoms with van der Waals surface area (Å²) in [5.74, 6) is 0.791. The standard InChI is InChI=1S/C14H22N2OS/c1-6-14(3,4)16-13(18)15-11-9-10(2)7-8-12(11)17-5/h7-9H,6H2,1-5H3,(H2,15,16,18). The van der Waals surface area contributed by atoms with Crippen LogP contribution in [-0.2, 0) is 0 Å². The number of hydrogen-bond donors (Lipinski definition) is 2. The smallest absolute Gasteiger partial charge is 0.171 e. The molecule has 0 aliphatic carbocycles. The number of thiocarbonyl (C=S) groups is 1. The van der Waals surface area contributed by atoms with Crippen molar-refractivity contribution in [2.75, 3.05) is 12.4 Å². The van der Waals surface area contributed by atoms with Gasteiger partial charge in [0.2, 0.25) is 0 Å². The maximum atomic E-state index is 5.32. The van der Waals surface area contributed by atoms with Gasteiger partial charge in [-0.15, -0.1) is 0 Å². The maximum Gasteiger partial charge on any atom is 0.171 e. The van der Waals surface area contributed by atoms with Crippen LogP contribution < -0.4 is 15.4 Å². The number of hydrogen-bond acceptors (Lipinski definition) is 2. The number of nitrogens with one attached hydrogen (secondary N) is 2. The Morgan fingerprint density at radius 1 is 1.39 bits per heavy atom.